The van der Waals surface area contributed by atoms with E-state index in [9.17, 15) is 24.3 Å². The number of hydroxylamine groups is 1. The summed E-state index contributed by atoms with van der Waals surface area (Å²) in [7, 11) is 0. The van der Waals surface area contributed by atoms with Crippen LogP contribution in [0.1, 0.15) is 47.0 Å². The Balaban J connectivity index is 4.77. The summed E-state index contributed by atoms with van der Waals surface area (Å²) >= 11 is 0. The molecule has 0 aromatic rings. The molecule has 0 heterocycles. The van der Waals surface area contributed by atoms with Crippen molar-refractivity contribution < 1.29 is 29.5 Å². The highest BCUT2D eigenvalue weighted by atomic mass is 16.5. The van der Waals surface area contributed by atoms with Gasteiger partial charge in [0.2, 0.25) is 17.7 Å². The molecule has 4 N–H and O–H groups in total. The maximum atomic E-state index is 12.2. The standard InChI is InChI=1S/C15H27N3O6/c1-5-6-10(7-11(19)18-24)14(21)16-9(4)13(20)17-12(8(2)3)15(22)23/h8-10,12,24H,5-7H2,1-4H3,(H,16,21)(H,17,20)(H,18,19)(H,22,23)/p-1. The second-order valence-corrected chi connectivity index (χ2v) is 6.00. The molecule has 3 atom stereocenters. The summed E-state index contributed by atoms with van der Waals surface area (Å²) in [5, 5.41) is 24.3. The van der Waals surface area contributed by atoms with E-state index >= 15 is 0 Å². The minimum absolute atomic E-state index is 0.210. The second kappa shape index (κ2) is 10.6. The molecule has 0 aromatic carbocycles. The van der Waals surface area contributed by atoms with Crippen LogP contribution in [0.25, 0.3) is 0 Å². The van der Waals surface area contributed by atoms with Gasteiger partial charge in [0.1, 0.15) is 6.04 Å². The molecule has 0 saturated heterocycles. The predicted molar refractivity (Wildman–Crippen MR) is 82.3 cm³/mol. The lowest BCUT2D eigenvalue weighted by atomic mass is 9.98. The van der Waals surface area contributed by atoms with Crippen molar-refractivity contribution in [3.05, 3.63) is 0 Å². The van der Waals surface area contributed by atoms with Crippen LogP contribution in [0.4, 0.5) is 0 Å². The van der Waals surface area contributed by atoms with Gasteiger partial charge in [-0.15, -0.1) is 0 Å². The summed E-state index contributed by atoms with van der Waals surface area (Å²) in [4.78, 5) is 46.4. The first kappa shape index (κ1) is 21.8. The van der Waals surface area contributed by atoms with Crippen molar-refractivity contribution in [3.8, 4) is 0 Å². The number of carbonyl (C=O) groups is 4. The molecule has 0 rings (SSSR count). The van der Waals surface area contributed by atoms with Crippen LogP contribution in [-0.4, -0.2) is 41.0 Å². The van der Waals surface area contributed by atoms with E-state index in [1.807, 2.05) is 6.92 Å². The third kappa shape index (κ3) is 7.40. The third-order valence-electron chi connectivity index (χ3n) is 3.53. The van der Waals surface area contributed by atoms with Crippen LogP contribution in [0.5, 0.6) is 0 Å². The van der Waals surface area contributed by atoms with E-state index < -0.39 is 41.7 Å². The summed E-state index contributed by atoms with van der Waals surface area (Å²) in [6.07, 6.45) is 0.830. The Morgan fingerprint density at radius 2 is 1.62 bits per heavy atom. The molecule has 9 nitrogen and oxygen atoms in total. The highest BCUT2D eigenvalue weighted by molar-refractivity contribution is 5.91. The van der Waals surface area contributed by atoms with Crippen molar-refractivity contribution in [2.75, 3.05) is 0 Å². The van der Waals surface area contributed by atoms with Crippen LogP contribution >= 0.6 is 0 Å². The first-order chi connectivity index (χ1) is 11.1. The van der Waals surface area contributed by atoms with Crippen molar-refractivity contribution in [3.63, 3.8) is 0 Å². The Labute approximate surface area is 141 Å². The molecule has 0 aliphatic heterocycles. The fourth-order valence-electron chi connectivity index (χ4n) is 2.12. The zero-order chi connectivity index (χ0) is 18.9. The summed E-state index contributed by atoms with van der Waals surface area (Å²) in [6.45, 7) is 6.49. The zero-order valence-electron chi connectivity index (χ0n) is 14.4. The molecule has 138 valence electrons. The normalized spacial score (nSPS) is 14.4. The molecule has 3 unspecified atom stereocenters. The Morgan fingerprint density at radius 1 is 1.04 bits per heavy atom. The maximum Gasteiger partial charge on any atom is 0.244 e. The van der Waals surface area contributed by atoms with E-state index in [0.717, 1.165) is 0 Å². The molecule has 0 spiro atoms. The Hall–Kier alpha value is -2.16. The highest BCUT2D eigenvalue weighted by Crippen LogP contribution is 2.12. The molecule has 0 aromatic heterocycles. The van der Waals surface area contributed by atoms with Gasteiger partial charge in [-0.25, -0.2) is 5.48 Å². The Morgan fingerprint density at radius 3 is 2.04 bits per heavy atom. The van der Waals surface area contributed by atoms with Gasteiger partial charge in [0.25, 0.3) is 0 Å². The van der Waals surface area contributed by atoms with Crippen molar-refractivity contribution in [2.24, 2.45) is 11.8 Å². The fourth-order valence-corrected chi connectivity index (χ4v) is 2.12. The molecule has 0 fully saturated rings. The van der Waals surface area contributed by atoms with Crippen LogP contribution in [0.2, 0.25) is 0 Å². The lowest BCUT2D eigenvalue weighted by Gasteiger charge is -2.26. The zero-order valence-corrected chi connectivity index (χ0v) is 14.4. The number of carboxylic acids is 1. The average Bonchev–Trinajstić information content (AvgIpc) is 2.50. The van der Waals surface area contributed by atoms with Crippen molar-refractivity contribution in [1.29, 1.82) is 0 Å². The smallest absolute Gasteiger partial charge is 0.244 e. The van der Waals surface area contributed by atoms with E-state index in [-0.39, 0.29) is 12.3 Å². The highest BCUT2D eigenvalue weighted by Gasteiger charge is 2.26. The van der Waals surface area contributed by atoms with Gasteiger partial charge in [-0.1, -0.05) is 27.2 Å². The third-order valence-corrected chi connectivity index (χ3v) is 3.53. The summed E-state index contributed by atoms with van der Waals surface area (Å²) in [5.74, 6) is -4.34. The van der Waals surface area contributed by atoms with Gasteiger partial charge in [0.05, 0.1) is 12.0 Å². The van der Waals surface area contributed by atoms with Gasteiger partial charge in [-0.3, -0.25) is 19.6 Å². The van der Waals surface area contributed by atoms with E-state index in [4.69, 9.17) is 5.21 Å². The first-order valence-corrected chi connectivity index (χ1v) is 7.88. The van der Waals surface area contributed by atoms with E-state index in [1.54, 1.807) is 13.8 Å². The van der Waals surface area contributed by atoms with E-state index in [2.05, 4.69) is 10.6 Å². The molecule has 3 amide bonds. The van der Waals surface area contributed by atoms with Gasteiger partial charge in [0.15, 0.2) is 0 Å². The number of aliphatic carboxylic acids is 1. The van der Waals surface area contributed by atoms with Crippen molar-refractivity contribution in [2.45, 2.75) is 59.0 Å². The van der Waals surface area contributed by atoms with Crippen LogP contribution in [0.3, 0.4) is 0 Å². The van der Waals surface area contributed by atoms with Gasteiger partial charge < -0.3 is 20.5 Å². The summed E-state index contributed by atoms with van der Waals surface area (Å²) < 4.78 is 0. The Kier molecular flexibility index (Phi) is 9.63. The van der Waals surface area contributed by atoms with Crippen molar-refractivity contribution in [1.82, 2.24) is 16.1 Å². The SMILES string of the molecule is CCCC(CC(=O)NO)C(=O)NC(C)C(=O)NC(C(=O)[O-])C(C)C. The van der Waals surface area contributed by atoms with E-state index in [0.29, 0.717) is 12.8 Å². The molecular weight excluding hydrogens is 318 g/mol. The Bertz CT molecular complexity index is 466. The lowest BCUT2D eigenvalue weighted by molar-refractivity contribution is -0.309. The van der Waals surface area contributed by atoms with E-state index in [1.165, 1.54) is 12.4 Å². The molecule has 9 heteroatoms. The van der Waals surface area contributed by atoms with Crippen LogP contribution < -0.4 is 21.2 Å². The van der Waals surface area contributed by atoms with Gasteiger partial charge in [-0.05, 0) is 19.3 Å². The van der Waals surface area contributed by atoms with Gasteiger partial charge >= 0.3 is 0 Å². The molecule has 0 radical (unpaired) electrons. The summed E-state index contributed by atoms with van der Waals surface area (Å²) in [6, 6.07) is -2.14. The molecular formula is C15H26N3O6-. The predicted octanol–water partition coefficient (Wildman–Crippen LogP) is -1.31. The molecule has 0 aliphatic carbocycles. The number of carboxylic acid groups (broad SMARTS) is 1. The number of nitrogens with one attached hydrogen (secondary N) is 3. The second-order valence-electron chi connectivity index (χ2n) is 6.00. The van der Waals surface area contributed by atoms with Crippen LogP contribution in [0.15, 0.2) is 0 Å². The quantitative estimate of drug-likeness (QED) is 0.286. The molecule has 0 saturated carbocycles. The number of carbonyl (C=O) groups excluding carboxylic acids is 4. The monoisotopic (exact) mass is 344 g/mol. The number of hydrogen-bond acceptors (Lipinski definition) is 6. The van der Waals surface area contributed by atoms with Crippen LogP contribution in [0, 0.1) is 11.8 Å². The van der Waals surface area contributed by atoms with Crippen LogP contribution in [-0.2, 0) is 19.2 Å². The van der Waals surface area contributed by atoms with Gasteiger partial charge in [0, 0.05) is 12.3 Å². The molecule has 0 aliphatic rings. The topological polar surface area (TPSA) is 148 Å². The van der Waals surface area contributed by atoms with Crippen molar-refractivity contribution >= 4 is 23.7 Å². The lowest BCUT2D eigenvalue weighted by Crippen LogP contribution is -2.56. The average molecular weight is 344 g/mol. The minimum Gasteiger partial charge on any atom is -0.548 e. The minimum atomic E-state index is -1.40. The summed E-state index contributed by atoms with van der Waals surface area (Å²) in [5.41, 5.74) is 1.47. The molecule has 0 bridgehead atoms. The largest absolute Gasteiger partial charge is 0.548 e. The maximum absolute atomic E-state index is 12.2. The number of hydrogen-bond donors (Lipinski definition) is 4. The number of amides is 3. The molecule has 24 heavy (non-hydrogen) atoms. The number of rotatable bonds is 10. The fraction of sp³-hybridized carbons (Fsp3) is 0.733. The first-order valence-electron chi connectivity index (χ1n) is 7.88. The van der Waals surface area contributed by atoms with Gasteiger partial charge in [-0.2, -0.15) is 0 Å².